The number of aromatic nitrogens is 2. The van der Waals surface area contributed by atoms with E-state index in [9.17, 15) is 9.59 Å². The molecule has 0 radical (unpaired) electrons. The van der Waals surface area contributed by atoms with Crippen molar-refractivity contribution in [3.05, 3.63) is 53.1 Å². The lowest BCUT2D eigenvalue weighted by Gasteiger charge is -2.02. The number of ether oxygens (including phenoxy) is 1. The van der Waals surface area contributed by atoms with Gasteiger partial charge in [-0.05, 0) is 11.6 Å². The fourth-order valence-electron chi connectivity index (χ4n) is 2.02. The molecule has 5 nitrogen and oxygen atoms in total. The number of benzene rings is 1. The lowest BCUT2D eigenvalue weighted by molar-refractivity contribution is -0.141. The van der Waals surface area contributed by atoms with E-state index in [2.05, 4.69) is 9.72 Å². The Balaban J connectivity index is 2.08. The molecule has 0 atom stereocenters. The van der Waals surface area contributed by atoms with Gasteiger partial charge in [0.2, 0.25) is 0 Å². The molecular weight excluding hydrogens is 288 g/mol. The van der Waals surface area contributed by atoms with E-state index < -0.39 is 5.97 Å². The lowest BCUT2D eigenvalue weighted by atomic mass is 10.2. The summed E-state index contributed by atoms with van der Waals surface area (Å²) in [6.07, 6.45) is 1.38. The van der Waals surface area contributed by atoms with Crippen molar-refractivity contribution in [2.45, 2.75) is 6.54 Å². The Hall–Kier alpha value is -2.47. The number of nitrogens with zero attached hydrogens (tertiary/aromatic N) is 2. The highest BCUT2D eigenvalue weighted by atomic mass is 32.1. The van der Waals surface area contributed by atoms with Crippen LogP contribution in [0.4, 0.5) is 0 Å². The van der Waals surface area contributed by atoms with Crippen molar-refractivity contribution in [1.82, 2.24) is 9.55 Å². The standard InChI is InChI=1S/C15H12N2O3S/c1-20-13(18)8-17-9-16-14-11(15(17)19)7-12(21-14)10-5-3-2-4-6-10/h2-7,9H,8H2,1H3. The molecule has 0 aliphatic heterocycles. The number of esters is 1. The summed E-state index contributed by atoms with van der Waals surface area (Å²) in [5, 5.41) is 0.519. The van der Waals surface area contributed by atoms with Gasteiger partial charge < -0.3 is 4.74 Å². The summed E-state index contributed by atoms with van der Waals surface area (Å²) in [6.45, 7) is -0.130. The van der Waals surface area contributed by atoms with E-state index in [4.69, 9.17) is 0 Å². The third-order valence-corrected chi connectivity index (χ3v) is 4.20. The van der Waals surface area contributed by atoms with E-state index in [1.165, 1.54) is 29.3 Å². The molecule has 0 N–H and O–H groups in total. The first-order chi connectivity index (χ1) is 10.2. The molecule has 0 amide bonds. The van der Waals surface area contributed by atoms with E-state index in [1.807, 2.05) is 36.4 Å². The van der Waals surface area contributed by atoms with Gasteiger partial charge in [0.05, 0.1) is 18.8 Å². The van der Waals surface area contributed by atoms with Gasteiger partial charge in [0.15, 0.2) is 0 Å². The van der Waals surface area contributed by atoms with E-state index in [0.29, 0.717) is 10.2 Å². The number of rotatable bonds is 3. The highest BCUT2D eigenvalue weighted by molar-refractivity contribution is 7.21. The number of hydrogen-bond donors (Lipinski definition) is 0. The third-order valence-electron chi connectivity index (χ3n) is 3.10. The minimum Gasteiger partial charge on any atom is -0.468 e. The predicted octanol–water partition coefficient (Wildman–Crippen LogP) is 2.30. The number of methoxy groups -OCH3 is 1. The van der Waals surface area contributed by atoms with Gasteiger partial charge in [-0.3, -0.25) is 14.2 Å². The van der Waals surface area contributed by atoms with Crippen molar-refractivity contribution in [3.8, 4) is 10.4 Å². The minimum absolute atomic E-state index is 0.130. The Morgan fingerprint density at radius 3 is 2.81 bits per heavy atom. The highest BCUT2D eigenvalue weighted by Gasteiger charge is 2.12. The third kappa shape index (κ3) is 2.57. The number of hydrogen-bond acceptors (Lipinski definition) is 5. The van der Waals surface area contributed by atoms with Crippen molar-refractivity contribution in [1.29, 1.82) is 0 Å². The summed E-state index contributed by atoms with van der Waals surface area (Å²) in [4.78, 5) is 29.5. The van der Waals surface area contributed by atoms with E-state index in [-0.39, 0.29) is 12.1 Å². The largest absolute Gasteiger partial charge is 0.468 e. The number of carbonyl (C=O) groups is 1. The first-order valence-corrected chi connectivity index (χ1v) is 7.12. The van der Waals surface area contributed by atoms with Crippen LogP contribution in [0.5, 0.6) is 0 Å². The van der Waals surface area contributed by atoms with Crippen molar-refractivity contribution in [2.24, 2.45) is 0 Å². The molecule has 3 aromatic rings. The maximum atomic E-state index is 12.3. The van der Waals surface area contributed by atoms with Crippen molar-refractivity contribution >= 4 is 27.5 Å². The van der Waals surface area contributed by atoms with Crippen LogP contribution < -0.4 is 5.56 Å². The number of carbonyl (C=O) groups excluding carboxylic acids is 1. The first-order valence-electron chi connectivity index (χ1n) is 6.30. The molecule has 21 heavy (non-hydrogen) atoms. The van der Waals surface area contributed by atoms with Crippen LogP contribution in [-0.4, -0.2) is 22.6 Å². The van der Waals surface area contributed by atoms with Crippen LogP contribution in [0.3, 0.4) is 0 Å². The summed E-state index contributed by atoms with van der Waals surface area (Å²) < 4.78 is 5.83. The second kappa shape index (κ2) is 5.49. The average Bonchev–Trinajstić information content (AvgIpc) is 2.96. The van der Waals surface area contributed by atoms with Crippen LogP contribution in [-0.2, 0) is 16.1 Å². The summed E-state index contributed by atoms with van der Waals surface area (Å²) in [5.41, 5.74) is 0.809. The lowest BCUT2D eigenvalue weighted by Crippen LogP contribution is -2.24. The van der Waals surface area contributed by atoms with Gasteiger partial charge >= 0.3 is 5.97 Å². The van der Waals surface area contributed by atoms with Crippen LogP contribution in [0.1, 0.15) is 0 Å². The summed E-state index contributed by atoms with van der Waals surface area (Å²) in [7, 11) is 1.29. The monoisotopic (exact) mass is 300 g/mol. The molecule has 0 bridgehead atoms. The smallest absolute Gasteiger partial charge is 0.325 e. The zero-order chi connectivity index (χ0) is 14.8. The van der Waals surface area contributed by atoms with Gasteiger partial charge in [-0.25, -0.2) is 4.98 Å². The first kappa shape index (κ1) is 13.5. The highest BCUT2D eigenvalue weighted by Crippen LogP contribution is 2.30. The Morgan fingerprint density at radius 1 is 1.33 bits per heavy atom. The molecule has 0 fully saturated rings. The minimum atomic E-state index is -0.475. The van der Waals surface area contributed by atoms with Crippen LogP contribution in [0.25, 0.3) is 20.7 Å². The molecule has 2 aromatic heterocycles. The van der Waals surface area contributed by atoms with Crippen LogP contribution in [0.2, 0.25) is 0 Å². The van der Waals surface area contributed by atoms with Crippen molar-refractivity contribution < 1.29 is 9.53 Å². The van der Waals surface area contributed by atoms with Gasteiger partial charge in [-0.1, -0.05) is 30.3 Å². The van der Waals surface area contributed by atoms with Gasteiger partial charge in [0.25, 0.3) is 5.56 Å². The Morgan fingerprint density at radius 2 is 2.10 bits per heavy atom. The van der Waals surface area contributed by atoms with E-state index >= 15 is 0 Å². The Labute approximate surface area is 124 Å². The molecule has 1 aromatic carbocycles. The molecule has 0 aliphatic carbocycles. The molecule has 0 unspecified atom stereocenters. The maximum absolute atomic E-state index is 12.3. The van der Waals surface area contributed by atoms with Crippen molar-refractivity contribution in [2.75, 3.05) is 7.11 Å². The zero-order valence-electron chi connectivity index (χ0n) is 11.3. The molecule has 0 saturated carbocycles. The second-order valence-corrected chi connectivity index (χ2v) is 5.48. The van der Waals surface area contributed by atoms with Gasteiger partial charge in [-0.15, -0.1) is 11.3 Å². The molecule has 106 valence electrons. The normalized spacial score (nSPS) is 10.7. The molecule has 6 heteroatoms. The molecular formula is C15H12N2O3S. The summed E-state index contributed by atoms with van der Waals surface area (Å²) in [5.74, 6) is -0.475. The summed E-state index contributed by atoms with van der Waals surface area (Å²) in [6, 6.07) is 11.6. The van der Waals surface area contributed by atoms with Crippen LogP contribution in [0.15, 0.2) is 47.5 Å². The molecule has 3 rings (SSSR count). The fraction of sp³-hybridized carbons (Fsp3) is 0.133. The summed E-state index contributed by atoms with van der Waals surface area (Å²) >= 11 is 1.46. The average molecular weight is 300 g/mol. The second-order valence-electron chi connectivity index (χ2n) is 4.45. The number of fused-ring (bicyclic) bond motifs is 1. The Kier molecular flexibility index (Phi) is 3.53. The van der Waals surface area contributed by atoms with E-state index in [0.717, 1.165) is 10.4 Å². The zero-order valence-corrected chi connectivity index (χ0v) is 12.1. The maximum Gasteiger partial charge on any atom is 0.325 e. The van der Waals surface area contributed by atoms with Crippen LogP contribution in [0, 0.1) is 0 Å². The number of thiophene rings is 1. The van der Waals surface area contributed by atoms with Gasteiger partial charge in [-0.2, -0.15) is 0 Å². The van der Waals surface area contributed by atoms with Gasteiger partial charge in [0, 0.05) is 4.88 Å². The molecule has 0 spiro atoms. The van der Waals surface area contributed by atoms with Crippen molar-refractivity contribution in [3.63, 3.8) is 0 Å². The topological polar surface area (TPSA) is 61.2 Å². The van der Waals surface area contributed by atoms with E-state index in [1.54, 1.807) is 0 Å². The van der Waals surface area contributed by atoms with Crippen LogP contribution >= 0.6 is 11.3 Å². The fourth-order valence-corrected chi connectivity index (χ4v) is 3.02. The Bertz CT molecular complexity index is 852. The SMILES string of the molecule is COC(=O)Cn1cnc2sc(-c3ccccc3)cc2c1=O. The van der Waals surface area contributed by atoms with Gasteiger partial charge in [0.1, 0.15) is 11.4 Å². The predicted molar refractivity (Wildman–Crippen MR) is 81.3 cm³/mol. The quantitative estimate of drug-likeness (QED) is 0.696. The molecule has 0 aliphatic rings. The molecule has 0 saturated heterocycles. The molecule has 2 heterocycles.